The van der Waals surface area contributed by atoms with Crippen molar-refractivity contribution in [2.45, 2.75) is 5.41 Å². The molecule has 11 aromatic rings. The molecule has 0 radical (unpaired) electrons. The van der Waals surface area contributed by atoms with Crippen LogP contribution in [0.2, 0.25) is 0 Å². The first-order valence-corrected chi connectivity index (χ1v) is 21.9. The minimum atomic E-state index is -0.464. The van der Waals surface area contributed by atoms with Gasteiger partial charge in [-0.05, 0) is 91.0 Å². The molecule has 288 valence electrons. The molecule has 0 saturated carbocycles. The Hall–Kier alpha value is -7.79. The van der Waals surface area contributed by atoms with E-state index >= 15 is 0 Å². The van der Waals surface area contributed by atoms with Crippen molar-refractivity contribution in [2.24, 2.45) is 0 Å². The number of nitrogens with zero attached hydrogens (tertiary/aromatic N) is 3. The van der Waals surface area contributed by atoms with E-state index in [9.17, 15) is 0 Å². The maximum atomic E-state index is 5.34. The van der Waals surface area contributed by atoms with Crippen LogP contribution >= 0.6 is 11.3 Å². The normalized spacial score (nSPS) is 13.0. The van der Waals surface area contributed by atoms with E-state index in [1.54, 1.807) is 0 Å². The fourth-order valence-corrected chi connectivity index (χ4v) is 11.5. The summed E-state index contributed by atoms with van der Waals surface area (Å²) in [4.78, 5) is 15.8. The summed E-state index contributed by atoms with van der Waals surface area (Å²) in [5.74, 6) is 1.91. The molecule has 0 saturated heterocycles. The van der Waals surface area contributed by atoms with Crippen LogP contribution in [0.5, 0.6) is 0 Å². The van der Waals surface area contributed by atoms with Gasteiger partial charge in [0.1, 0.15) is 0 Å². The number of aromatic nitrogens is 3. The fourth-order valence-electron chi connectivity index (χ4n) is 10.4. The average Bonchev–Trinajstić information content (AvgIpc) is 3.98. The van der Waals surface area contributed by atoms with Gasteiger partial charge in [0.25, 0.3) is 0 Å². The molecule has 0 N–H and O–H groups in total. The van der Waals surface area contributed by atoms with Crippen molar-refractivity contribution in [3.05, 3.63) is 235 Å². The van der Waals surface area contributed by atoms with Crippen LogP contribution in [0.1, 0.15) is 22.3 Å². The van der Waals surface area contributed by atoms with E-state index in [1.165, 1.54) is 70.2 Å². The maximum Gasteiger partial charge on any atom is 0.164 e. The van der Waals surface area contributed by atoms with Crippen molar-refractivity contribution in [2.75, 3.05) is 0 Å². The second-order valence-corrected chi connectivity index (χ2v) is 17.3. The van der Waals surface area contributed by atoms with E-state index in [-0.39, 0.29) is 0 Å². The van der Waals surface area contributed by atoms with Crippen LogP contribution in [-0.4, -0.2) is 15.0 Å². The highest BCUT2D eigenvalue weighted by molar-refractivity contribution is 7.25. The molecule has 62 heavy (non-hydrogen) atoms. The Labute approximate surface area is 363 Å². The Bertz CT molecular complexity index is 3540. The topological polar surface area (TPSA) is 38.7 Å². The highest BCUT2D eigenvalue weighted by atomic mass is 32.1. The number of thiophene rings is 1. The van der Waals surface area contributed by atoms with E-state index in [4.69, 9.17) is 15.0 Å². The zero-order valence-corrected chi connectivity index (χ0v) is 34.3. The highest BCUT2D eigenvalue weighted by Crippen LogP contribution is 2.64. The molecule has 0 bridgehead atoms. The molecular weight excluding hydrogens is 771 g/mol. The lowest BCUT2D eigenvalue weighted by molar-refractivity contribution is 0.796. The lowest BCUT2D eigenvalue weighted by Gasteiger charge is -2.32. The largest absolute Gasteiger partial charge is 0.208 e. The van der Waals surface area contributed by atoms with Crippen LogP contribution in [0.15, 0.2) is 212 Å². The summed E-state index contributed by atoms with van der Waals surface area (Å²) in [6.45, 7) is 0. The van der Waals surface area contributed by atoms with Gasteiger partial charge < -0.3 is 0 Å². The second-order valence-electron chi connectivity index (χ2n) is 16.2. The Morgan fingerprint density at radius 1 is 0.290 bits per heavy atom. The van der Waals surface area contributed by atoms with Gasteiger partial charge in [0.05, 0.1) is 5.41 Å². The van der Waals surface area contributed by atoms with Crippen molar-refractivity contribution in [1.29, 1.82) is 0 Å². The number of benzene rings is 9. The van der Waals surface area contributed by atoms with Crippen molar-refractivity contribution >= 4 is 31.5 Å². The Morgan fingerprint density at radius 2 is 0.774 bits per heavy atom. The third kappa shape index (κ3) is 5.08. The van der Waals surface area contributed by atoms with Crippen molar-refractivity contribution in [3.63, 3.8) is 0 Å². The van der Waals surface area contributed by atoms with Crippen LogP contribution in [0.4, 0.5) is 0 Å². The predicted octanol–water partition coefficient (Wildman–Crippen LogP) is 14.9. The summed E-state index contributed by atoms with van der Waals surface area (Å²) in [7, 11) is 0. The van der Waals surface area contributed by atoms with Gasteiger partial charge >= 0.3 is 0 Å². The summed E-state index contributed by atoms with van der Waals surface area (Å²) >= 11 is 1.83. The fraction of sp³-hybridized carbons (Fsp3) is 0.0172. The first-order chi connectivity index (χ1) is 30.7. The first-order valence-electron chi connectivity index (χ1n) is 21.1. The summed E-state index contributed by atoms with van der Waals surface area (Å²) in [5.41, 5.74) is 17.4. The Balaban J connectivity index is 1.00. The molecule has 0 aliphatic heterocycles. The molecule has 3 nitrogen and oxygen atoms in total. The molecule has 2 aromatic heterocycles. The number of fused-ring (bicyclic) bond motifs is 13. The van der Waals surface area contributed by atoms with Gasteiger partial charge in [-0.15, -0.1) is 11.3 Å². The number of hydrogen-bond acceptors (Lipinski definition) is 4. The van der Waals surface area contributed by atoms with Gasteiger partial charge in [0.15, 0.2) is 17.5 Å². The van der Waals surface area contributed by atoms with Crippen molar-refractivity contribution in [1.82, 2.24) is 15.0 Å². The van der Waals surface area contributed by atoms with Crippen molar-refractivity contribution < 1.29 is 0 Å². The molecule has 9 aromatic carbocycles. The molecule has 0 unspecified atom stereocenters. The van der Waals surface area contributed by atoms with E-state index in [0.717, 1.165) is 33.4 Å². The lowest BCUT2D eigenvalue weighted by atomic mass is 9.68. The van der Waals surface area contributed by atoms with E-state index in [0.29, 0.717) is 17.5 Å². The summed E-state index contributed by atoms with van der Waals surface area (Å²) in [6.07, 6.45) is 0. The smallest absolute Gasteiger partial charge is 0.164 e. The van der Waals surface area contributed by atoms with Gasteiger partial charge in [0.2, 0.25) is 0 Å². The zero-order chi connectivity index (χ0) is 40.8. The molecule has 0 atom stereocenters. The zero-order valence-electron chi connectivity index (χ0n) is 33.5. The van der Waals surface area contributed by atoms with Gasteiger partial charge in [-0.1, -0.05) is 188 Å². The molecule has 0 amide bonds. The van der Waals surface area contributed by atoms with Gasteiger partial charge in [-0.2, -0.15) is 0 Å². The maximum absolute atomic E-state index is 5.34. The van der Waals surface area contributed by atoms with E-state index in [1.807, 2.05) is 29.5 Å². The molecule has 4 heteroatoms. The lowest BCUT2D eigenvalue weighted by Crippen LogP contribution is -2.26. The quantitative estimate of drug-likeness (QED) is 0.174. The number of rotatable bonds is 5. The predicted molar refractivity (Wildman–Crippen MR) is 256 cm³/mol. The minimum absolute atomic E-state index is 0.464. The summed E-state index contributed by atoms with van der Waals surface area (Å²) in [6, 6.07) is 76.8. The second kappa shape index (κ2) is 13.6. The molecule has 2 aliphatic rings. The van der Waals surface area contributed by atoms with Gasteiger partial charge in [-0.3, -0.25) is 0 Å². The van der Waals surface area contributed by atoms with Gasteiger partial charge in [0, 0.05) is 36.9 Å². The molecule has 0 fully saturated rings. The number of hydrogen-bond donors (Lipinski definition) is 0. The molecule has 1 spiro atoms. The molecule has 2 heterocycles. The van der Waals surface area contributed by atoms with Crippen LogP contribution in [-0.2, 0) is 5.41 Å². The third-order valence-electron chi connectivity index (χ3n) is 13.0. The van der Waals surface area contributed by atoms with E-state index in [2.05, 4.69) is 194 Å². The van der Waals surface area contributed by atoms with E-state index < -0.39 is 5.41 Å². The van der Waals surface area contributed by atoms with Crippen LogP contribution in [0.3, 0.4) is 0 Å². The minimum Gasteiger partial charge on any atom is -0.208 e. The summed E-state index contributed by atoms with van der Waals surface area (Å²) < 4.78 is 2.57. The summed E-state index contributed by atoms with van der Waals surface area (Å²) in [5, 5.41) is 2.54. The van der Waals surface area contributed by atoms with Crippen molar-refractivity contribution in [3.8, 4) is 78.7 Å². The highest BCUT2D eigenvalue weighted by Gasteiger charge is 2.52. The Kier molecular flexibility index (Phi) is 7.69. The third-order valence-corrected chi connectivity index (χ3v) is 14.1. The average molecular weight is 806 g/mol. The molecule has 13 rings (SSSR count). The first kappa shape index (κ1) is 35.0. The van der Waals surface area contributed by atoms with Crippen LogP contribution in [0.25, 0.3) is 98.8 Å². The molecular formula is C58H35N3S. The van der Waals surface area contributed by atoms with Crippen LogP contribution in [0, 0.1) is 0 Å². The van der Waals surface area contributed by atoms with Crippen LogP contribution < -0.4 is 0 Å². The monoisotopic (exact) mass is 805 g/mol. The molecule has 2 aliphatic carbocycles. The standard InChI is InChI=1S/C58H35N3S/c1-2-16-36(17-3-1)55-59-56(61-57(60-55)47-25-5-4-20-40(47)38-32-33-53-48(35-38)45-24-9-13-31-52(45)62-53)39-19-14-18-37(34-39)41-26-15-27-46-44-23-8-12-30-51(44)58(54(41)46)49-28-10-6-21-42(49)43-22-7-11-29-50(43)58/h1-35H. The SMILES string of the molecule is c1ccc(-c2nc(-c3cccc(-c4cccc5c4C4(c6ccccc6-c6ccccc64)c4ccccc4-5)c3)nc(-c3ccccc3-c3ccc4sc5ccccc5c4c3)n2)cc1. The Morgan fingerprint density at radius 3 is 1.52 bits per heavy atom. The van der Waals surface area contributed by atoms with Gasteiger partial charge in [-0.25, -0.2) is 15.0 Å².